The zero-order valence-electron chi connectivity index (χ0n) is 20.7. The lowest BCUT2D eigenvalue weighted by Crippen LogP contribution is -2.62. The number of thiophene rings is 1. The highest BCUT2D eigenvalue weighted by molar-refractivity contribution is 7.11. The number of carbonyl (C=O) groups is 3. The number of anilines is 2. The maximum Gasteiger partial charge on any atom is 0.329 e. The molecule has 1 aromatic heterocycles. The summed E-state index contributed by atoms with van der Waals surface area (Å²) in [5.41, 5.74) is 1.29. The van der Waals surface area contributed by atoms with Crippen LogP contribution < -0.4 is 4.90 Å². The van der Waals surface area contributed by atoms with Crippen molar-refractivity contribution in [2.24, 2.45) is 0 Å². The van der Waals surface area contributed by atoms with E-state index in [-0.39, 0.29) is 31.7 Å². The second-order valence-electron chi connectivity index (χ2n) is 9.44. The van der Waals surface area contributed by atoms with Crippen LogP contribution in [0.15, 0.2) is 72.8 Å². The van der Waals surface area contributed by atoms with Gasteiger partial charge < -0.3 is 19.8 Å². The van der Waals surface area contributed by atoms with Gasteiger partial charge in [-0.2, -0.15) is 0 Å². The topological polar surface area (TPSA) is 84.4 Å². The Kier molecular flexibility index (Phi) is 7.14. The number of benzene rings is 2. The molecule has 1 saturated carbocycles. The summed E-state index contributed by atoms with van der Waals surface area (Å²) in [7, 11) is 0. The van der Waals surface area contributed by atoms with Crippen molar-refractivity contribution in [3.63, 3.8) is 0 Å². The molecule has 192 valence electrons. The predicted octanol–water partition coefficient (Wildman–Crippen LogP) is 5.17. The summed E-state index contributed by atoms with van der Waals surface area (Å²) in [5.74, 6) is -1.13. The maximum atomic E-state index is 13.9. The van der Waals surface area contributed by atoms with Gasteiger partial charge in [-0.05, 0) is 56.2 Å². The molecule has 4 amide bonds. The molecule has 5 rings (SSSR count). The Morgan fingerprint density at radius 1 is 0.892 bits per heavy atom. The van der Waals surface area contributed by atoms with Gasteiger partial charge in [0, 0.05) is 28.9 Å². The number of carboxylic acids is 1. The van der Waals surface area contributed by atoms with Crippen molar-refractivity contribution >= 4 is 40.7 Å². The molecular formula is C28H30N4O4S. The summed E-state index contributed by atoms with van der Waals surface area (Å²) in [6.45, 7) is 2.92. The lowest BCUT2D eigenvalue weighted by molar-refractivity contribution is -0.143. The van der Waals surface area contributed by atoms with Gasteiger partial charge in [0.25, 0.3) is 0 Å². The maximum absolute atomic E-state index is 13.9. The normalized spacial score (nSPS) is 17.4. The largest absolute Gasteiger partial charge is 0.480 e. The van der Waals surface area contributed by atoms with Crippen LogP contribution in [0, 0.1) is 6.92 Å². The Labute approximate surface area is 220 Å². The van der Waals surface area contributed by atoms with Gasteiger partial charge in [-0.25, -0.2) is 14.4 Å². The van der Waals surface area contributed by atoms with Crippen molar-refractivity contribution < 1.29 is 19.5 Å². The fraction of sp³-hybridized carbons (Fsp3) is 0.321. The molecule has 1 aliphatic heterocycles. The number of carboxylic acid groups (broad SMARTS) is 1. The van der Waals surface area contributed by atoms with E-state index in [0.29, 0.717) is 17.9 Å². The van der Waals surface area contributed by atoms with Gasteiger partial charge in [-0.3, -0.25) is 4.90 Å². The minimum atomic E-state index is -1.15. The molecule has 2 aromatic carbocycles. The van der Waals surface area contributed by atoms with Gasteiger partial charge in [0.1, 0.15) is 6.04 Å². The van der Waals surface area contributed by atoms with Crippen LogP contribution in [0.25, 0.3) is 0 Å². The average molecular weight is 519 g/mol. The Hall–Kier alpha value is -3.85. The van der Waals surface area contributed by atoms with Crippen LogP contribution in [0.5, 0.6) is 0 Å². The molecule has 0 bridgehead atoms. The third kappa shape index (κ3) is 5.46. The highest BCUT2D eigenvalue weighted by Crippen LogP contribution is 2.32. The zero-order valence-corrected chi connectivity index (χ0v) is 21.5. The van der Waals surface area contributed by atoms with Crippen LogP contribution in [0.2, 0.25) is 0 Å². The van der Waals surface area contributed by atoms with Gasteiger partial charge in [-0.1, -0.05) is 36.4 Å². The first kappa shape index (κ1) is 24.8. The highest BCUT2D eigenvalue weighted by Gasteiger charge is 2.42. The molecular weight excluding hydrogens is 488 g/mol. The standard InChI is InChI=1S/C28H30N4O4S/c1-20-12-15-24(37-20)18-31(21-13-14-21)27(35)29-16-17-30(25(19-29)26(33)34)28(36)32(22-8-4-2-5-9-22)23-10-6-3-7-11-23/h2-12,15,21,25H,13-14,16-19H2,1H3,(H,33,34)/t25-/m0/s1. The molecule has 1 aliphatic carbocycles. The highest BCUT2D eigenvalue weighted by atomic mass is 32.1. The minimum Gasteiger partial charge on any atom is -0.480 e. The molecule has 1 atom stereocenters. The monoisotopic (exact) mass is 518 g/mol. The number of amides is 4. The smallest absolute Gasteiger partial charge is 0.329 e. The Morgan fingerprint density at radius 3 is 2.03 bits per heavy atom. The first-order valence-electron chi connectivity index (χ1n) is 12.5. The van der Waals surface area contributed by atoms with Crippen LogP contribution >= 0.6 is 11.3 Å². The van der Waals surface area contributed by atoms with Gasteiger partial charge in [0.15, 0.2) is 0 Å². The third-order valence-electron chi connectivity index (χ3n) is 6.76. The Bertz CT molecular complexity index is 1220. The number of rotatable bonds is 6. The summed E-state index contributed by atoms with van der Waals surface area (Å²) in [6.07, 6.45) is 1.92. The van der Waals surface area contributed by atoms with E-state index in [4.69, 9.17) is 0 Å². The van der Waals surface area contributed by atoms with Gasteiger partial charge in [0.05, 0.1) is 24.5 Å². The van der Waals surface area contributed by atoms with Gasteiger partial charge in [0.2, 0.25) is 0 Å². The molecule has 2 heterocycles. The first-order chi connectivity index (χ1) is 17.9. The summed E-state index contributed by atoms with van der Waals surface area (Å²) in [4.78, 5) is 48.5. The molecule has 0 unspecified atom stereocenters. The van der Waals surface area contributed by atoms with Crippen molar-refractivity contribution in [3.05, 3.63) is 82.6 Å². The summed E-state index contributed by atoms with van der Waals surface area (Å²) < 4.78 is 0. The van der Waals surface area contributed by atoms with Crippen molar-refractivity contribution in [3.8, 4) is 0 Å². The van der Waals surface area contributed by atoms with Crippen LogP contribution in [0.1, 0.15) is 22.6 Å². The molecule has 1 N–H and O–H groups in total. The number of piperazine rings is 1. The fourth-order valence-corrected chi connectivity index (χ4v) is 5.60. The van der Waals surface area contributed by atoms with Crippen molar-refractivity contribution in [2.75, 3.05) is 24.5 Å². The second-order valence-corrected chi connectivity index (χ2v) is 10.8. The SMILES string of the molecule is Cc1ccc(CN(C(=O)N2CCN(C(=O)N(c3ccccc3)c3ccccc3)[C@H](C(=O)O)C2)C2CC2)s1. The minimum absolute atomic E-state index is 0.0516. The predicted molar refractivity (Wildman–Crippen MR) is 143 cm³/mol. The lowest BCUT2D eigenvalue weighted by atomic mass is 10.1. The van der Waals surface area contributed by atoms with Crippen molar-refractivity contribution in [1.29, 1.82) is 0 Å². The van der Waals surface area contributed by atoms with Crippen LogP contribution in [0.4, 0.5) is 21.0 Å². The number of aliphatic carboxylic acids is 1. The number of carbonyl (C=O) groups excluding carboxylic acids is 2. The number of hydrogen-bond acceptors (Lipinski definition) is 4. The number of para-hydroxylation sites is 2. The number of hydrogen-bond donors (Lipinski definition) is 1. The van der Waals surface area contributed by atoms with Crippen molar-refractivity contribution in [1.82, 2.24) is 14.7 Å². The third-order valence-corrected chi connectivity index (χ3v) is 7.74. The Morgan fingerprint density at radius 2 is 1.51 bits per heavy atom. The van der Waals surface area contributed by atoms with Gasteiger partial charge in [-0.15, -0.1) is 11.3 Å². The van der Waals surface area contributed by atoms with Gasteiger partial charge >= 0.3 is 18.0 Å². The fourth-order valence-electron chi connectivity index (χ4n) is 4.71. The van der Waals surface area contributed by atoms with E-state index in [1.165, 1.54) is 14.7 Å². The van der Waals surface area contributed by atoms with Crippen LogP contribution in [0.3, 0.4) is 0 Å². The molecule has 0 radical (unpaired) electrons. The molecule has 1 saturated heterocycles. The van der Waals surface area contributed by atoms with E-state index in [1.54, 1.807) is 16.2 Å². The number of urea groups is 2. The molecule has 37 heavy (non-hydrogen) atoms. The van der Waals surface area contributed by atoms with E-state index in [9.17, 15) is 19.5 Å². The van der Waals surface area contributed by atoms with Crippen LogP contribution in [-0.4, -0.2) is 69.6 Å². The molecule has 9 heteroatoms. The molecule has 8 nitrogen and oxygen atoms in total. The second kappa shape index (κ2) is 10.6. The van der Waals surface area contributed by atoms with E-state index in [1.807, 2.05) is 84.6 Å². The molecule has 0 spiro atoms. The number of aryl methyl sites for hydroxylation is 1. The zero-order chi connectivity index (χ0) is 25.9. The number of nitrogens with zero attached hydrogens (tertiary/aromatic N) is 4. The first-order valence-corrected chi connectivity index (χ1v) is 13.3. The van der Waals surface area contributed by atoms with E-state index in [0.717, 1.165) is 17.7 Å². The van der Waals surface area contributed by atoms with Crippen molar-refractivity contribution in [2.45, 2.75) is 38.4 Å². The summed E-state index contributed by atoms with van der Waals surface area (Å²) >= 11 is 1.67. The molecule has 3 aromatic rings. The molecule has 2 aliphatic rings. The van der Waals surface area contributed by atoms with E-state index < -0.39 is 18.0 Å². The average Bonchev–Trinajstić information content (AvgIpc) is 3.68. The quantitative estimate of drug-likeness (QED) is 0.488. The summed E-state index contributed by atoms with van der Waals surface area (Å²) in [5, 5.41) is 10.1. The Balaban J connectivity index is 1.36. The van der Waals surface area contributed by atoms with E-state index >= 15 is 0 Å². The lowest BCUT2D eigenvalue weighted by Gasteiger charge is -2.42. The summed E-state index contributed by atoms with van der Waals surface area (Å²) in [6, 6.07) is 20.9. The molecule has 2 fully saturated rings. The van der Waals surface area contributed by atoms with Crippen LogP contribution in [-0.2, 0) is 11.3 Å². The van der Waals surface area contributed by atoms with E-state index in [2.05, 4.69) is 0 Å².